The molecule has 2 aromatic heterocycles. The fraction of sp³-hybridized carbons (Fsp3) is 0.409. The summed E-state index contributed by atoms with van der Waals surface area (Å²) >= 11 is 1.27. The number of unbranched alkanes of at least 4 members (excludes halogenated alkanes) is 1. The fourth-order valence-electron chi connectivity index (χ4n) is 3.10. The van der Waals surface area contributed by atoms with Crippen molar-refractivity contribution in [3.05, 3.63) is 48.2 Å². The van der Waals surface area contributed by atoms with Gasteiger partial charge in [0.05, 0.1) is 29.7 Å². The Kier molecular flexibility index (Phi) is 8.70. The summed E-state index contributed by atoms with van der Waals surface area (Å²) in [6.45, 7) is 4.51. The summed E-state index contributed by atoms with van der Waals surface area (Å²) in [6, 6.07) is 4.42. The van der Waals surface area contributed by atoms with Crippen molar-refractivity contribution in [3.63, 3.8) is 0 Å². The molecule has 1 aromatic carbocycles. The highest BCUT2D eigenvalue weighted by atomic mass is 32.2. The number of anilines is 2. The summed E-state index contributed by atoms with van der Waals surface area (Å²) in [6.07, 6.45) is 0.293. The number of aromatic nitrogens is 4. The van der Waals surface area contributed by atoms with Crippen molar-refractivity contribution >= 4 is 23.6 Å². The van der Waals surface area contributed by atoms with Crippen LogP contribution in [0.3, 0.4) is 0 Å². The number of nitrogens with zero attached hydrogens (tertiary/aromatic N) is 4. The first-order valence-corrected chi connectivity index (χ1v) is 11.6. The van der Waals surface area contributed by atoms with Gasteiger partial charge in [0.1, 0.15) is 11.4 Å². The van der Waals surface area contributed by atoms with Crippen molar-refractivity contribution in [2.24, 2.45) is 5.73 Å². The van der Waals surface area contributed by atoms with Crippen LogP contribution in [-0.4, -0.2) is 43.5 Å². The topological polar surface area (TPSA) is 114 Å². The van der Waals surface area contributed by atoms with E-state index in [0.29, 0.717) is 17.6 Å². The molecule has 0 aliphatic carbocycles. The molecule has 0 bridgehead atoms. The van der Waals surface area contributed by atoms with Crippen LogP contribution in [0.1, 0.15) is 32.3 Å². The van der Waals surface area contributed by atoms with Crippen molar-refractivity contribution in [1.29, 1.82) is 0 Å². The second-order valence-electron chi connectivity index (χ2n) is 8.45. The molecular formula is C22H27F4N7OS. The molecule has 3 rings (SSSR count). The van der Waals surface area contributed by atoms with Crippen LogP contribution in [0.25, 0.3) is 11.3 Å². The van der Waals surface area contributed by atoms with Gasteiger partial charge in [-0.1, -0.05) is 0 Å². The quantitative estimate of drug-likeness (QED) is 0.170. The Bertz CT molecular complexity index is 1130. The normalized spacial score (nSPS) is 12.2. The van der Waals surface area contributed by atoms with Crippen LogP contribution in [0.5, 0.6) is 0 Å². The number of halogens is 4. The van der Waals surface area contributed by atoms with E-state index in [-0.39, 0.29) is 23.7 Å². The van der Waals surface area contributed by atoms with Crippen molar-refractivity contribution in [2.45, 2.75) is 49.9 Å². The fourth-order valence-corrected chi connectivity index (χ4v) is 3.81. The molecule has 35 heavy (non-hydrogen) atoms. The van der Waals surface area contributed by atoms with Crippen LogP contribution < -0.4 is 15.8 Å². The third-order valence-electron chi connectivity index (χ3n) is 4.66. The van der Waals surface area contributed by atoms with E-state index in [2.05, 4.69) is 25.1 Å². The molecule has 190 valence electrons. The Morgan fingerprint density at radius 1 is 1.17 bits per heavy atom. The minimum atomic E-state index is -4.71. The summed E-state index contributed by atoms with van der Waals surface area (Å²) in [4.78, 5) is 8.37. The highest BCUT2D eigenvalue weighted by Crippen LogP contribution is 2.36. The van der Waals surface area contributed by atoms with E-state index in [1.807, 2.05) is 0 Å². The zero-order chi connectivity index (χ0) is 25.6. The van der Waals surface area contributed by atoms with Crippen molar-refractivity contribution in [2.75, 3.05) is 18.4 Å². The van der Waals surface area contributed by atoms with Gasteiger partial charge in [0.2, 0.25) is 5.95 Å². The number of nitrogens with one attached hydrogen (secondary N) is 2. The van der Waals surface area contributed by atoms with E-state index < -0.39 is 28.9 Å². The Morgan fingerprint density at radius 2 is 1.94 bits per heavy atom. The van der Waals surface area contributed by atoms with E-state index in [0.717, 1.165) is 19.4 Å². The molecule has 0 amide bonds. The molecule has 8 nitrogen and oxygen atoms in total. The SMILES string of the molecule is CC(C)(O)Cn1cc(-c2nc(Nc3ccc(SNCCCCN)cc3F)ncc2C(F)(F)F)cn1. The first kappa shape index (κ1) is 26.9. The Balaban J connectivity index is 1.81. The average Bonchev–Trinajstić information content (AvgIpc) is 3.21. The monoisotopic (exact) mass is 513 g/mol. The van der Waals surface area contributed by atoms with Gasteiger partial charge in [0.15, 0.2) is 0 Å². The van der Waals surface area contributed by atoms with Crippen molar-refractivity contribution < 1.29 is 22.7 Å². The standard InChI is InChI=1S/C22H27F4N7OS/c1-21(2,34)13-33-12-14(10-29-33)19-16(22(24,25)26)11-28-20(32-19)31-18-6-5-15(9-17(18)23)35-30-8-4-3-7-27/h5-6,9-12,30,34H,3-4,7-8,13,27H2,1-2H3,(H,28,31,32). The summed E-state index contributed by atoms with van der Waals surface area (Å²) < 4.78 is 59.9. The maximum atomic E-state index is 14.6. The number of alkyl halides is 3. The maximum absolute atomic E-state index is 14.6. The van der Waals surface area contributed by atoms with Gasteiger partial charge >= 0.3 is 6.18 Å². The van der Waals surface area contributed by atoms with E-state index in [9.17, 15) is 22.7 Å². The first-order valence-electron chi connectivity index (χ1n) is 10.8. The largest absolute Gasteiger partial charge is 0.419 e. The first-order chi connectivity index (χ1) is 16.5. The highest BCUT2D eigenvalue weighted by molar-refractivity contribution is 7.97. The van der Waals surface area contributed by atoms with Crippen LogP contribution in [0.2, 0.25) is 0 Å². The Hall–Kier alpha value is -2.74. The van der Waals surface area contributed by atoms with E-state index in [1.165, 1.54) is 41.2 Å². The minimum absolute atomic E-state index is 0.0147. The number of rotatable bonds is 11. The molecule has 0 aliphatic rings. The molecule has 0 saturated carbocycles. The lowest BCUT2D eigenvalue weighted by Gasteiger charge is -2.16. The van der Waals surface area contributed by atoms with E-state index in [1.54, 1.807) is 19.9 Å². The molecule has 0 radical (unpaired) electrons. The van der Waals surface area contributed by atoms with Gasteiger partial charge in [-0.25, -0.2) is 14.4 Å². The Morgan fingerprint density at radius 3 is 2.60 bits per heavy atom. The lowest BCUT2D eigenvalue weighted by Crippen LogP contribution is -2.26. The summed E-state index contributed by atoms with van der Waals surface area (Å²) in [5, 5.41) is 16.6. The Labute approximate surface area is 204 Å². The van der Waals surface area contributed by atoms with E-state index >= 15 is 0 Å². The summed E-state index contributed by atoms with van der Waals surface area (Å²) in [7, 11) is 0. The molecule has 0 fully saturated rings. The lowest BCUT2D eigenvalue weighted by atomic mass is 10.1. The second kappa shape index (κ2) is 11.3. The molecular weight excluding hydrogens is 486 g/mol. The van der Waals surface area contributed by atoms with Gasteiger partial charge in [-0.2, -0.15) is 18.3 Å². The predicted octanol–water partition coefficient (Wildman–Crippen LogP) is 4.35. The van der Waals surface area contributed by atoms with Gasteiger partial charge in [-0.05, 0) is 63.4 Å². The van der Waals surface area contributed by atoms with Crippen LogP contribution in [-0.2, 0) is 12.7 Å². The lowest BCUT2D eigenvalue weighted by molar-refractivity contribution is -0.137. The number of hydrogen-bond donors (Lipinski definition) is 4. The smallest absolute Gasteiger partial charge is 0.389 e. The number of benzene rings is 1. The molecule has 0 aliphatic heterocycles. The second-order valence-corrected chi connectivity index (χ2v) is 9.42. The predicted molar refractivity (Wildman–Crippen MR) is 126 cm³/mol. The third-order valence-corrected chi connectivity index (χ3v) is 5.50. The third kappa shape index (κ3) is 7.88. The number of nitrogens with two attached hydrogens (primary N) is 1. The maximum Gasteiger partial charge on any atom is 0.419 e. The van der Waals surface area contributed by atoms with Crippen LogP contribution in [0.15, 0.2) is 41.7 Å². The van der Waals surface area contributed by atoms with Gasteiger partial charge in [-0.15, -0.1) is 0 Å². The van der Waals surface area contributed by atoms with Gasteiger partial charge in [0, 0.05) is 29.4 Å². The van der Waals surface area contributed by atoms with Crippen LogP contribution in [0.4, 0.5) is 29.2 Å². The molecule has 0 atom stereocenters. The molecule has 0 saturated heterocycles. The van der Waals surface area contributed by atoms with Gasteiger partial charge in [-0.3, -0.25) is 9.40 Å². The van der Waals surface area contributed by atoms with Crippen molar-refractivity contribution in [3.8, 4) is 11.3 Å². The summed E-state index contributed by atoms with van der Waals surface area (Å²) in [5.41, 5.74) is 2.96. The highest BCUT2D eigenvalue weighted by Gasteiger charge is 2.36. The van der Waals surface area contributed by atoms with Gasteiger partial charge < -0.3 is 16.2 Å². The minimum Gasteiger partial charge on any atom is -0.389 e. The molecule has 5 N–H and O–H groups in total. The molecule has 13 heteroatoms. The number of aliphatic hydroxyl groups is 1. The van der Waals surface area contributed by atoms with Crippen molar-refractivity contribution in [1.82, 2.24) is 24.5 Å². The van der Waals surface area contributed by atoms with Crippen LogP contribution >= 0.6 is 11.9 Å². The summed E-state index contributed by atoms with van der Waals surface area (Å²) in [5.74, 6) is -0.816. The van der Waals surface area contributed by atoms with Crippen LogP contribution in [0, 0.1) is 5.82 Å². The molecule has 0 spiro atoms. The molecule has 2 heterocycles. The zero-order valence-corrected chi connectivity index (χ0v) is 20.0. The van der Waals surface area contributed by atoms with E-state index in [4.69, 9.17) is 5.73 Å². The van der Waals surface area contributed by atoms with Gasteiger partial charge in [0.25, 0.3) is 0 Å². The zero-order valence-electron chi connectivity index (χ0n) is 19.2. The molecule has 3 aromatic rings. The number of hydrogen-bond acceptors (Lipinski definition) is 8. The average molecular weight is 514 g/mol. The molecule has 0 unspecified atom stereocenters.